The molecule has 2 aliphatic rings. The van der Waals surface area contributed by atoms with E-state index in [2.05, 4.69) is 26.1 Å². The standard InChI is InChI=1S/C15H20BrN3O3/c16-11-8-12(15(20)13(9-11)19(21)22)14(10-2-1-3-10)18-6-4-17-5-7-18/h8-10,14,17,20H,1-7H2/t14-/m0/s1. The Balaban J connectivity index is 2.01. The molecule has 1 heterocycles. The molecule has 120 valence electrons. The maximum Gasteiger partial charge on any atom is 0.312 e. The number of halogens is 1. The second-order valence-electron chi connectivity index (χ2n) is 6.04. The van der Waals surface area contributed by atoms with Crippen molar-refractivity contribution in [2.45, 2.75) is 25.3 Å². The number of nitrogens with one attached hydrogen (secondary N) is 1. The number of benzene rings is 1. The van der Waals surface area contributed by atoms with Crippen LogP contribution in [0, 0.1) is 16.0 Å². The first-order chi connectivity index (χ1) is 10.6. The van der Waals surface area contributed by atoms with E-state index in [0.29, 0.717) is 16.0 Å². The molecule has 1 atom stereocenters. The molecule has 1 aliphatic heterocycles. The van der Waals surface area contributed by atoms with E-state index in [9.17, 15) is 15.2 Å². The van der Waals surface area contributed by atoms with E-state index in [-0.39, 0.29) is 17.5 Å². The van der Waals surface area contributed by atoms with E-state index in [1.54, 1.807) is 0 Å². The van der Waals surface area contributed by atoms with Crippen LogP contribution >= 0.6 is 15.9 Å². The molecule has 1 saturated carbocycles. The second-order valence-corrected chi connectivity index (χ2v) is 6.96. The average molecular weight is 370 g/mol. The molecular formula is C15H20BrN3O3. The summed E-state index contributed by atoms with van der Waals surface area (Å²) in [5.41, 5.74) is 0.469. The van der Waals surface area contributed by atoms with Gasteiger partial charge in [0.15, 0.2) is 5.75 Å². The van der Waals surface area contributed by atoms with Gasteiger partial charge in [-0.15, -0.1) is 0 Å². The van der Waals surface area contributed by atoms with E-state index in [1.807, 2.05) is 6.07 Å². The summed E-state index contributed by atoms with van der Waals surface area (Å²) in [6.45, 7) is 3.64. The van der Waals surface area contributed by atoms with Crippen LogP contribution < -0.4 is 5.32 Å². The molecule has 0 spiro atoms. The lowest BCUT2D eigenvalue weighted by molar-refractivity contribution is -0.386. The zero-order valence-electron chi connectivity index (χ0n) is 12.3. The number of aromatic hydroxyl groups is 1. The third-order valence-corrected chi connectivity index (χ3v) is 5.20. The van der Waals surface area contributed by atoms with Crippen LogP contribution in [0.3, 0.4) is 0 Å². The van der Waals surface area contributed by atoms with E-state index >= 15 is 0 Å². The fraction of sp³-hybridized carbons (Fsp3) is 0.600. The van der Waals surface area contributed by atoms with Gasteiger partial charge in [-0.25, -0.2) is 0 Å². The molecule has 7 heteroatoms. The summed E-state index contributed by atoms with van der Waals surface area (Å²) < 4.78 is 0.645. The highest BCUT2D eigenvalue weighted by Crippen LogP contribution is 2.47. The van der Waals surface area contributed by atoms with Crippen LogP contribution in [0.15, 0.2) is 16.6 Å². The van der Waals surface area contributed by atoms with Crippen molar-refractivity contribution < 1.29 is 10.0 Å². The number of nitro groups is 1. The average Bonchev–Trinajstić information content (AvgIpc) is 2.45. The first-order valence-electron chi connectivity index (χ1n) is 7.69. The van der Waals surface area contributed by atoms with Crippen LogP contribution in [-0.2, 0) is 0 Å². The van der Waals surface area contributed by atoms with Crippen LogP contribution in [0.2, 0.25) is 0 Å². The molecule has 0 unspecified atom stereocenters. The molecule has 1 saturated heterocycles. The Morgan fingerprint density at radius 1 is 1.36 bits per heavy atom. The summed E-state index contributed by atoms with van der Waals surface area (Å²) in [4.78, 5) is 13.0. The predicted octanol–water partition coefficient (Wildman–Crippen LogP) is 2.81. The maximum atomic E-state index is 11.2. The van der Waals surface area contributed by atoms with Gasteiger partial charge in [-0.1, -0.05) is 22.4 Å². The predicted molar refractivity (Wildman–Crippen MR) is 87.0 cm³/mol. The molecule has 22 heavy (non-hydrogen) atoms. The zero-order chi connectivity index (χ0) is 15.7. The lowest BCUT2D eigenvalue weighted by atomic mass is 9.76. The fourth-order valence-electron chi connectivity index (χ4n) is 3.43. The molecule has 1 aliphatic carbocycles. The van der Waals surface area contributed by atoms with Gasteiger partial charge in [0.2, 0.25) is 0 Å². The van der Waals surface area contributed by atoms with Gasteiger partial charge in [-0.3, -0.25) is 15.0 Å². The summed E-state index contributed by atoms with van der Waals surface area (Å²) >= 11 is 3.35. The highest BCUT2D eigenvalue weighted by Gasteiger charge is 2.37. The molecule has 0 radical (unpaired) electrons. The number of nitro benzene ring substituents is 1. The van der Waals surface area contributed by atoms with Gasteiger partial charge in [0.25, 0.3) is 0 Å². The van der Waals surface area contributed by atoms with Gasteiger partial charge in [0.1, 0.15) is 0 Å². The minimum atomic E-state index is -0.515. The van der Waals surface area contributed by atoms with Crippen LogP contribution in [0.4, 0.5) is 5.69 Å². The van der Waals surface area contributed by atoms with E-state index in [1.165, 1.54) is 12.5 Å². The number of hydrogen-bond donors (Lipinski definition) is 2. The summed E-state index contributed by atoms with van der Waals surface area (Å²) in [5.74, 6) is 0.293. The minimum absolute atomic E-state index is 0.0621. The van der Waals surface area contributed by atoms with Crippen LogP contribution in [0.5, 0.6) is 5.75 Å². The largest absolute Gasteiger partial charge is 0.502 e. The van der Waals surface area contributed by atoms with Gasteiger partial charge in [-0.2, -0.15) is 0 Å². The molecule has 1 aromatic rings. The Morgan fingerprint density at radius 2 is 2.05 bits per heavy atom. The molecule has 0 amide bonds. The number of rotatable bonds is 4. The molecule has 0 bridgehead atoms. The molecule has 2 N–H and O–H groups in total. The lowest BCUT2D eigenvalue weighted by Crippen LogP contribution is -2.47. The number of nitrogens with zero attached hydrogens (tertiary/aromatic N) is 2. The molecule has 3 rings (SSSR count). The highest BCUT2D eigenvalue weighted by molar-refractivity contribution is 9.10. The summed E-state index contributed by atoms with van der Waals surface area (Å²) in [7, 11) is 0. The number of phenolic OH excluding ortho intramolecular Hbond substituents is 1. The molecule has 1 aromatic carbocycles. The zero-order valence-corrected chi connectivity index (χ0v) is 13.9. The van der Waals surface area contributed by atoms with E-state index < -0.39 is 4.92 Å². The van der Waals surface area contributed by atoms with Crippen molar-refractivity contribution in [1.82, 2.24) is 10.2 Å². The minimum Gasteiger partial charge on any atom is -0.502 e. The van der Waals surface area contributed by atoms with Gasteiger partial charge in [0.05, 0.1) is 4.92 Å². The molecular weight excluding hydrogens is 350 g/mol. The normalized spacial score (nSPS) is 21.3. The van der Waals surface area contributed by atoms with Crippen molar-refractivity contribution >= 4 is 21.6 Å². The Morgan fingerprint density at radius 3 is 2.59 bits per heavy atom. The quantitative estimate of drug-likeness (QED) is 0.630. The van der Waals surface area contributed by atoms with E-state index in [0.717, 1.165) is 39.0 Å². The van der Waals surface area contributed by atoms with Crippen molar-refractivity contribution in [2.75, 3.05) is 26.2 Å². The first kappa shape index (κ1) is 15.7. The molecule has 2 fully saturated rings. The molecule has 6 nitrogen and oxygen atoms in total. The van der Waals surface area contributed by atoms with Crippen molar-refractivity contribution in [2.24, 2.45) is 5.92 Å². The maximum absolute atomic E-state index is 11.2. The second kappa shape index (κ2) is 6.52. The Kier molecular flexibility index (Phi) is 4.65. The Labute approximate surface area is 137 Å². The summed E-state index contributed by atoms with van der Waals surface area (Å²) in [6, 6.07) is 3.27. The molecule has 0 aromatic heterocycles. The third kappa shape index (κ3) is 2.98. The number of phenols is 1. The number of piperazine rings is 1. The Bertz CT molecular complexity index is 571. The first-order valence-corrected chi connectivity index (χ1v) is 8.49. The number of hydrogen-bond acceptors (Lipinski definition) is 5. The van der Waals surface area contributed by atoms with Crippen LogP contribution in [0.1, 0.15) is 30.9 Å². The van der Waals surface area contributed by atoms with Gasteiger partial charge in [0, 0.05) is 48.3 Å². The van der Waals surface area contributed by atoms with Crippen molar-refractivity contribution in [1.29, 1.82) is 0 Å². The smallest absolute Gasteiger partial charge is 0.312 e. The van der Waals surface area contributed by atoms with Gasteiger partial charge < -0.3 is 10.4 Å². The fourth-order valence-corrected chi connectivity index (χ4v) is 3.90. The summed E-state index contributed by atoms with van der Waals surface area (Å²) in [6.07, 6.45) is 3.44. The summed E-state index contributed by atoms with van der Waals surface area (Å²) in [5, 5.41) is 25.0. The van der Waals surface area contributed by atoms with Crippen molar-refractivity contribution in [3.05, 3.63) is 32.3 Å². The highest BCUT2D eigenvalue weighted by atomic mass is 79.9. The third-order valence-electron chi connectivity index (χ3n) is 4.74. The lowest BCUT2D eigenvalue weighted by Gasteiger charge is -2.43. The van der Waals surface area contributed by atoms with Gasteiger partial charge in [-0.05, 0) is 24.8 Å². The van der Waals surface area contributed by atoms with Crippen molar-refractivity contribution in [3.63, 3.8) is 0 Å². The van der Waals surface area contributed by atoms with Crippen LogP contribution in [0.25, 0.3) is 0 Å². The Hall–Kier alpha value is -1.18. The van der Waals surface area contributed by atoms with Crippen molar-refractivity contribution in [3.8, 4) is 5.75 Å². The topological polar surface area (TPSA) is 78.6 Å². The monoisotopic (exact) mass is 369 g/mol. The van der Waals surface area contributed by atoms with E-state index in [4.69, 9.17) is 0 Å². The van der Waals surface area contributed by atoms with Gasteiger partial charge >= 0.3 is 5.69 Å². The SMILES string of the molecule is O=[N+]([O-])c1cc(Br)cc([C@H](C2CCC2)N2CCNCC2)c1O. The van der Waals surface area contributed by atoms with Crippen LogP contribution in [-0.4, -0.2) is 41.1 Å².